The number of nitrogens with one attached hydrogen (secondary N) is 3. The summed E-state index contributed by atoms with van der Waals surface area (Å²) in [5.74, 6) is 1.16. The molecule has 268 valence electrons. The molecule has 0 saturated carbocycles. The quantitative estimate of drug-likeness (QED) is 0.129. The summed E-state index contributed by atoms with van der Waals surface area (Å²) in [6.45, 7) is 2.54. The molecule has 4 rings (SSSR count). The van der Waals surface area contributed by atoms with Gasteiger partial charge in [0.2, 0.25) is 11.9 Å². The largest absolute Gasteiger partial charge is 0.494 e. The number of aromatic nitrogens is 3. The minimum absolute atomic E-state index is 0.0269. The molecule has 14 heteroatoms. The van der Waals surface area contributed by atoms with Crippen LogP contribution in [0, 0.1) is 5.92 Å². The van der Waals surface area contributed by atoms with Gasteiger partial charge in [0.25, 0.3) is 11.5 Å². The number of fused-ring (bicyclic) bond motifs is 1. The number of pyridine rings is 1. The summed E-state index contributed by atoms with van der Waals surface area (Å²) >= 11 is 6.52. The average molecular weight is 699 g/mol. The second-order valence-corrected chi connectivity index (χ2v) is 12.9. The molecule has 1 aliphatic heterocycles. The normalized spacial score (nSPS) is 13.4. The Morgan fingerprint density at radius 2 is 1.67 bits per heavy atom. The molecule has 2 aromatic heterocycles. The SMILES string of the molecule is CNC(=O)COc1cc2cc(Nc3nc(N4CCC(C(=O)NCCCCCCCCCCCN)CC4)ncc3Cl)cc(OC)c2n(C)c1=O. The third kappa shape index (κ3) is 10.7. The van der Waals surface area contributed by atoms with Gasteiger partial charge in [0.05, 0.1) is 18.8 Å². The van der Waals surface area contributed by atoms with Crippen LogP contribution in [0.2, 0.25) is 5.02 Å². The van der Waals surface area contributed by atoms with Crippen molar-refractivity contribution in [3.05, 3.63) is 39.8 Å². The van der Waals surface area contributed by atoms with Gasteiger partial charge in [0.1, 0.15) is 10.8 Å². The van der Waals surface area contributed by atoms with Crippen LogP contribution in [0.1, 0.15) is 70.6 Å². The van der Waals surface area contributed by atoms with Crippen LogP contribution in [0.25, 0.3) is 10.9 Å². The molecule has 2 amide bonds. The van der Waals surface area contributed by atoms with Crippen LogP contribution in [-0.2, 0) is 16.6 Å². The van der Waals surface area contributed by atoms with Crippen molar-refractivity contribution in [3.63, 3.8) is 0 Å². The number of hydrogen-bond donors (Lipinski definition) is 4. The number of unbranched alkanes of at least 4 members (excludes halogenated alkanes) is 8. The molecular weight excluding hydrogens is 648 g/mol. The van der Waals surface area contributed by atoms with Crippen molar-refractivity contribution < 1.29 is 19.1 Å². The summed E-state index contributed by atoms with van der Waals surface area (Å²) in [5.41, 5.74) is 6.32. The van der Waals surface area contributed by atoms with Crippen molar-refractivity contribution in [2.24, 2.45) is 18.7 Å². The minimum Gasteiger partial charge on any atom is -0.494 e. The molecule has 1 fully saturated rings. The Bertz CT molecular complexity index is 1610. The lowest BCUT2D eigenvalue weighted by Gasteiger charge is -2.31. The highest BCUT2D eigenvalue weighted by Gasteiger charge is 2.26. The Hall–Kier alpha value is -4.10. The van der Waals surface area contributed by atoms with Gasteiger partial charge in [0, 0.05) is 56.8 Å². The average Bonchev–Trinajstić information content (AvgIpc) is 3.11. The molecule has 13 nitrogen and oxygen atoms in total. The molecule has 0 atom stereocenters. The van der Waals surface area contributed by atoms with Crippen LogP contribution in [0.15, 0.2) is 29.2 Å². The van der Waals surface area contributed by atoms with E-state index >= 15 is 0 Å². The maximum Gasteiger partial charge on any atom is 0.293 e. The van der Waals surface area contributed by atoms with E-state index in [0.29, 0.717) is 52.2 Å². The molecule has 3 aromatic rings. The lowest BCUT2D eigenvalue weighted by molar-refractivity contribution is -0.125. The maximum absolute atomic E-state index is 12.9. The number of likely N-dealkylation sites (N-methyl/N-ethyl adjacent to an activating group) is 1. The highest BCUT2D eigenvalue weighted by molar-refractivity contribution is 6.33. The van der Waals surface area contributed by atoms with Crippen LogP contribution in [0.4, 0.5) is 17.5 Å². The van der Waals surface area contributed by atoms with Gasteiger partial charge < -0.3 is 40.6 Å². The highest BCUT2D eigenvalue weighted by Crippen LogP contribution is 2.33. The molecule has 0 radical (unpaired) electrons. The number of rotatable bonds is 19. The molecule has 0 unspecified atom stereocenters. The van der Waals surface area contributed by atoms with Gasteiger partial charge in [-0.2, -0.15) is 4.98 Å². The number of halogens is 1. The van der Waals surface area contributed by atoms with Gasteiger partial charge in [-0.05, 0) is 44.4 Å². The summed E-state index contributed by atoms with van der Waals surface area (Å²) in [6, 6.07) is 5.15. The van der Waals surface area contributed by atoms with Crippen LogP contribution in [0.3, 0.4) is 0 Å². The van der Waals surface area contributed by atoms with E-state index in [0.717, 1.165) is 45.2 Å². The van der Waals surface area contributed by atoms with Crippen molar-refractivity contribution in [1.29, 1.82) is 0 Å². The van der Waals surface area contributed by atoms with Crippen LogP contribution in [-0.4, -0.2) is 73.3 Å². The van der Waals surface area contributed by atoms with E-state index in [4.69, 9.17) is 31.8 Å². The number of methoxy groups -OCH3 is 1. The summed E-state index contributed by atoms with van der Waals surface area (Å²) in [5, 5.41) is 9.85. The number of hydrogen-bond acceptors (Lipinski definition) is 10. The van der Waals surface area contributed by atoms with E-state index in [9.17, 15) is 14.4 Å². The summed E-state index contributed by atoms with van der Waals surface area (Å²) in [7, 11) is 4.63. The second-order valence-electron chi connectivity index (χ2n) is 12.5. The van der Waals surface area contributed by atoms with Crippen LogP contribution >= 0.6 is 11.6 Å². The molecule has 1 aliphatic rings. The summed E-state index contributed by atoms with van der Waals surface area (Å²) in [6.07, 6.45) is 13.8. The number of carbonyl (C=O) groups is 2. The van der Waals surface area contributed by atoms with Gasteiger partial charge in [0.15, 0.2) is 18.2 Å². The molecule has 0 bridgehead atoms. The first-order chi connectivity index (χ1) is 23.7. The number of nitrogens with zero attached hydrogens (tertiary/aromatic N) is 4. The molecule has 5 N–H and O–H groups in total. The summed E-state index contributed by atoms with van der Waals surface area (Å²) < 4.78 is 12.6. The predicted octanol–water partition coefficient (Wildman–Crippen LogP) is 4.66. The molecule has 49 heavy (non-hydrogen) atoms. The fourth-order valence-corrected chi connectivity index (χ4v) is 6.19. The topological polar surface area (TPSA) is 166 Å². The smallest absolute Gasteiger partial charge is 0.293 e. The number of benzene rings is 1. The third-order valence-electron chi connectivity index (χ3n) is 8.92. The van der Waals surface area contributed by atoms with Gasteiger partial charge in [-0.25, -0.2) is 4.98 Å². The number of nitrogens with two attached hydrogens (primary N) is 1. The van der Waals surface area contributed by atoms with Crippen LogP contribution in [0.5, 0.6) is 11.5 Å². The first kappa shape index (κ1) is 37.7. The van der Waals surface area contributed by atoms with Crippen molar-refractivity contribution in [2.75, 3.05) is 57.2 Å². The van der Waals surface area contributed by atoms with Gasteiger partial charge in [-0.15, -0.1) is 0 Å². The standard InChI is InChI=1S/C35H51ClN8O5/c1-38-30(45)23-49-29-20-25-19-26(21-28(48-3)31(25)43(2)34(29)47)41-32-27(36)22-40-35(42-32)44-17-13-24(14-18-44)33(46)39-16-12-10-8-6-4-5-7-9-11-15-37/h19-22,24H,4-18,23,37H2,1-3H3,(H,38,45)(H,39,46)(H,40,41,42). The van der Waals surface area contributed by atoms with Gasteiger partial charge >= 0.3 is 0 Å². The lowest BCUT2D eigenvalue weighted by atomic mass is 9.96. The minimum atomic E-state index is -0.397. The number of piperidine rings is 1. The number of ether oxygens (including phenoxy) is 2. The molecule has 3 heterocycles. The first-order valence-corrected chi connectivity index (χ1v) is 17.7. The maximum atomic E-state index is 12.9. The second kappa shape index (κ2) is 19.2. The predicted molar refractivity (Wildman–Crippen MR) is 194 cm³/mol. The van der Waals surface area contributed by atoms with Crippen LogP contribution < -0.4 is 41.6 Å². The molecular formula is C35H51ClN8O5. The molecule has 0 aliphatic carbocycles. The third-order valence-corrected chi connectivity index (χ3v) is 9.20. The van der Waals surface area contributed by atoms with Crippen molar-refractivity contribution >= 4 is 51.8 Å². The molecule has 0 spiro atoms. The van der Waals surface area contributed by atoms with Crippen molar-refractivity contribution in [3.8, 4) is 11.5 Å². The van der Waals surface area contributed by atoms with E-state index in [2.05, 4.69) is 25.8 Å². The zero-order valence-electron chi connectivity index (χ0n) is 29.0. The van der Waals surface area contributed by atoms with Gasteiger partial charge in [-0.3, -0.25) is 14.4 Å². The zero-order chi connectivity index (χ0) is 35.2. The van der Waals surface area contributed by atoms with E-state index in [-0.39, 0.29) is 30.1 Å². The molecule has 1 aromatic carbocycles. The fourth-order valence-electron chi connectivity index (χ4n) is 6.05. The van der Waals surface area contributed by atoms with E-state index < -0.39 is 5.56 Å². The Balaban J connectivity index is 1.31. The summed E-state index contributed by atoms with van der Waals surface area (Å²) in [4.78, 5) is 48.7. The number of amides is 2. The lowest BCUT2D eigenvalue weighted by Crippen LogP contribution is -2.41. The van der Waals surface area contributed by atoms with Gasteiger partial charge in [-0.1, -0.05) is 56.5 Å². The van der Waals surface area contributed by atoms with E-state index in [1.165, 1.54) is 57.2 Å². The Morgan fingerprint density at radius 3 is 2.33 bits per heavy atom. The Morgan fingerprint density at radius 1 is 1.00 bits per heavy atom. The van der Waals surface area contributed by atoms with Crippen molar-refractivity contribution in [2.45, 2.75) is 70.6 Å². The highest BCUT2D eigenvalue weighted by atomic mass is 35.5. The first-order valence-electron chi connectivity index (χ1n) is 17.3. The van der Waals surface area contributed by atoms with Crippen molar-refractivity contribution in [1.82, 2.24) is 25.2 Å². The Kier molecular flexibility index (Phi) is 14.8. The Labute approximate surface area is 293 Å². The molecule has 1 saturated heterocycles. The monoisotopic (exact) mass is 698 g/mol. The van der Waals surface area contributed by atoms with E-state index in [1.54, 1.807) is 25.4 Å². The number of aryl methyl sites for hydroxylation is 1. The van der Waals surface area contributed by atoms with E-state index in [1.807, 2.05) is 6.07 Å². The zero-order valence-corrected chi connectivity index (χ0v) is 29.7. The fraction of sp³-hybridized carbons (Fsp3) is 0.571. The number of anilines is 3. The number of carbonyl (C=O) groups excluding carboxylic acids is 2.